The van der Waals surface area contributed by atoms with Gasteiger partial charge in [-0.3, -0.25) is 4.90 Å². The fraction of sp³-hybridized carbons (Fsp3) is 0.533. The van der Waals surface area contributed by atoms with Crippen LogP contribution in [0.5, 0.6) is 0 Å². The number of nitrogens with one attached hydrogen (secondary N) is 1. The number of nitrogens with zero attached hydrogens (tertiary/aromatic N) is 1. The number of benzene rings is 1. The van der Waals surface area contributed by atoms with E-state index in [1.807, 2.05) is 19.1 Å². The fourth-order valence-electron chi connectivity index (χ4n) is 2.76. The van der Waals surface area contributed by atoms with Gasteiger partial charge in [0, 0.05) is 18.3 Å². The molecule has 1 saturated heterocycles. The van der Waals surface area contributed by atoms with E-state index in [1.54, 1.807) is 6.07 Å². The maximum absolute atomic E-state index is 11.2. The molecule has 1 aromatic rings. The first-order valence-corrected chi connectivity index (χ1v) is 6.93. The van der Waals surface area contributed by atoms with Gasteiger partial charge in [-0.15, -0.1) is 0 Å². The second-order valence-corrected chi connectivity index (χ2v) is 5.16. The number of likely N-dealkylation sites (tertiary alicyclic amines) is 1. The molecule has 2 N–H and O–H groups in total. The first kappa shape index (κ1) is 13.9. The highest BCUT2D eigenvalue weighted by Gasteiger charge is 2.23. The van der Waals surface area contributed by atoms with Crippen molar-refractivity contribution in [2.24, 2.45) is 0 Å². The predicted molar refractivity (Wildman–Crippen MR) is 76.9 cm³/mol. The van der Waals surface area contributed by atoms with Crippen LogP contribution >= 0.6 is 0 Å². The van der Waals surface area contributed by atoms with E-state index >= 15 is 0 Å². The molecule has 1 unspecified atom stereocenters. The lowest BCUT2D eigenvalue weighted by Crippen LogP contribution is -2.34. The summed E-state index contributed by atoms with van der Waals surface area (Å²) in [5.41, 5.74) is 2.16. The summed E-state index contributed by atoms with van der Waals surface area (Å²) in [6.45, 7) is 7.18. The molecule has 4 heteroatoms. The Kier molecular flexibility index (Phi) is 4.43. The van der Waals surface area contributed by atoms with Crippen LogP contribution in [-0.2, 0) is 0 Å². The van der Waals surface area contributed by atoms with Crippen LogP contribution in [0, 0.1) is 6.92 Å². The Bertz CT molecular complexity index is 459. The molecule has 1 heterocycles. The van der Waals surface area contributed by atoms with Crippen molar-refractivity contribution in [3.8, 4) is 0 Å². The van der Waals surface area contributed by atoms with E-state index in [0.717, 1.165) is 30.9 Å². The fourth-order valence-corrected chi connectivity index (χ4v) is 2.76. The van der Waals surface area contributed by atoms with Crippen LogP contribution in [0.3, 0.4) is 0 Å². The molecule has 1 atom stereocenters. The largest absolute Gasteiger partial charge is 0.478 e. The van der Waals surface area contributed by atoms with E-state index in [2.05, 4.69) is 17.1 Å². The van der Waals surface area contributed by atoms with Crippen molar-refractivity contribution in [1.82, 2.24) is 4.90 Å². The van der Waals surface area contributed by atoms with Crippen LogP contribution in [0.2, 0.25) is 0 Å². The molecule has 104 valence electrons. The molecule has 0 radical (unpaired) electrons. The molecule has 1 aliphatic rings. The van der Waals surface area contributed by atoms with Gasteiger partial charge in [0.05, 0.1) is 5.56 Å². The molecule has 0 spiro atoms. The lowest BCUT2D eigenvalue weighted by molar-refractivity contribution is 0.0698. The molecule has 0 amide bonds. The second-order valence-electron chi connectivity index (χ2n) is 5.16. The molecule has 1 aliphatic heterocycles. The topological polar surface area (TPSA) is 52.6 Å². The number of hydrogen-bond donors (Lipinski definition) is 2. The average molecular weight is 262 g/mol. The van der Waals surface area contributed by atoms with Crippen molar-refractivity contribution >= 4 is 11.7 Å². The number of carboxylic acid groups (broad SMARTS) is 1. The van der Waals surface area contributed by atoms with Gasteiger partial charge in [0.2, 0.25) is 0 Å². The Morgan fingerprint density at radius 3 is 3.00 bits per heavy atom. The normalized spacial score (nSPS) is 19.6. The molecule has 19 heavy (non-hydrogen) atoms. The Hall–Kier alpha value is -1.55. The monoisotopic (exact) mass is 262 g/mol. The first-order chi connectivity index (χ1) is 9.11. The molecular formula is C15H22N2O2. The van der Waals surface area contributed by atoms with E-state index in [1.165, 1.54) is 12.8 Å². The van der Waals surface area contributed by atoms with E-state index in [4.69, 9.17) is 0 Å². The van der Waals surface area contributed by atoms with Crippen LogP contribution < -0.4 is 5.32 Å². The second kappa shape index (κ2) is 6.06. The van der Waals surface area contributed by atoms with E-state index in [0.29, 0.717) is 11.6 Å². The third kappa shape index (κ3) is 3.26. The van der Waals surface area contributed by atoms with Crippen LogP contribution in [0.15, 0.2) is 18.2 Å². The van der Waals surface area contributed by atoms with Crippen molar-refractivity contribution in [3.05, 3.63) is 29.3 Å². The van der Waals surface area contributed by atoms with E-state index < -0.39 is 5.97 Å². The van der Waals surface area contributed by atoms with Crippen molar-refractivity contribution in [3.63, 3.8) is 0 Å². The summed E-state index contributed by atoms with van der Waals surface area (Å²) in [4.78, 5) is 13.6. The third-order valence-electron chi connectivity index (χ3n) is 3.84. The van der Waals surface area contributed by atoms with Gasteiger partial charge < -0.3 is 10.4 Å². The number of rotatable bonds is 5. The number of anilines is 1. The van der Waals surface area contributed by atoms with Crippen molar-refractivity contribution in [2.45, 2.75) is 32.7 Å². The van der Waals surface area contributed by atoms with Crippen molar-refractivity contribution < 1.29 is 9.90 Å². The zero-order chi connectivity index (χ0) is 13.8. The van der Waals surface area contributed by atoms with Crippen LogP contribution in [0.4, 0.5) is 5.69 Å². The predicted octanol–water partition coefficient (Wildman–Crippen LogP) is 2.59. The quantitative estimate of drug-likeness (QED) is 0.856. The zero-order valence-electron chi connectivity index (χ0n) is 11.6. The SMILES string of the molecule is CCN1CCCC1CNc1cc(C)ccc1C(=O)O. The highest BCUT2D eigenvalue weighted by Crippen LogP contribution is 2.21. The molecule has 1 aromatic carbocycles. The number of likely N-dealkylation sites (N-methyl/N-ethyl adjacent to an activating group) is 1. The van der Waals surface area contributed by atoms with E-state index in [-0.39, 0.29) is 0 Å². The molecule has 0 aromatic heterocycles. The zero-order valence-corrected chi connectivity index (χ0v) is 11.6. The molecule has 0 aliphatic carbocycles. The minimum atomic E-state index is -0.874. The van der Waals surface area contributed by atoms with Gasteiger partial charge in [0.15, 0.2) is 0 Å². The maximum Gasteiger partial charge on any atom is 0.337 e. The van der Waals surface area contributed by atoms with Crippen LogP contribution in [-0.4, -0.2) is 41.7 Å². The molecule has 4 nitrogen and oxygen atoms in total. The number of carboxylic acids is 1. The van der Waals surface area contributed by atoms with Gasteiger partial charge in [-0.25, -0.2) is 4.79 Å². The molecule has 0 saturated carbocycles. The number of hydrogen-bond acceptors (Lipinski definition) is 3. The lowest BCUT2D eigenvalue weighted by atomic mass is 10.1. The maximum atomic E-state index is 11.2. The Balaban J connectivity index is 2.06. The minimum Gasteiger partial charge on any atom is -0.478 e. The van der Waals surface area contributed by atoms with Crippen molar-refractivity contribution in [1.29, 1.82) is 0 Å². The van der Waals surface area contributed by atoms with Gasteiger partial charge >= 0.3 is 5.97 Å². The molecule has 2 rings (SSSR count). The Morgan fingerprint density at radius 1 is 1.53 bits per heavy atom. The summed E-state index contributed by atoms with van der Waals surface area (Å²) in [5.74, 6) is -0.874. The summed E-state index contributed by atoms with van der Waals surface area (Å²) in [5, 5.41) is 12.5. The van der Waals surface area contributed by atoms with Gasteiger partial charge in [0.1, 0.15) is 0 Å². The highest BCUT2D eigenvalue weighted by molar-refractivity contribution is 5.94. The molecule has 0 bridgehead atoms. The summed E-state index contributed by atoms with van der Waals surface area (Å²) in [6.07, 6.45) is 2.43. The van der Waals surface area contributed by atoms with Gasteiger partial charge in [0.25, 0.3) is 0 Å². The van der Waals surface area contributed by atoms with E-state index in [9.17, 15) is 9.90 Å². The van der Waals surface area contributed by atoms with Gasteiger partial charge in [-0.1, -0.05) is 13.0 Å². The number of aryl methyl sites for hydroxylation is 1. The first-order valence-electron chi connectivity index (χ1n) is 6.93. The van der Waals surface area contributed by atoms with Gasteiger partial charge in [-0.05, 0) is 50.6 Å². The minimum absolute atomic E-state index is 0.353. The van der Waals surface area contributed by atoms with Crippen molar-refractivity contribution in [2.75, 3.05) is 25.0 Å². The highest BCUT2D eigenvalue weighted by atomic mass is 16.4. The molecular weight excluding hydrogens is 240 g/mol. The summed E-state index contributed by atoms with van der Waals surface area (Å²) in [7, 11) is 0. The Labute approximate surface area is 114 Å². The van der Waals surface area contributed by atoms with Crippen LogP contribution in [0.25, 0.3) is 0 Å². The Morgan fingerprint density at radius 2 is 2.32 bits per heavy atom. The van der Waals surface area contributed by atoms with Gasteiger partial charge in [-0.2, -0.15) is 0 Å². The average Bonchev–Trinajstić information content (AvgIpc) is 2.83. The molecule has 1 fully saturated rings. The summed E-state index contributed by atoms with van der Waals surface area (Å²) in [6, 6.07) is 5.94. The number of aromatic carboxylic acids is 1. The summed E-state index contributed by atoms with van der Waals surface area (Å²) >= 11 is 0. The van der Waals surface area contributed by atoms with Crippen LogP contribution in [0.1, 0.15) is 35.7 Å². The third-order valence-corrected chi connectivity index (χ3v) is 3.84. The standard InChI is InChI=1S/C15H22N2O2/c1-3-17-8-4-5-12(17)10-16-14-9-11(2)6-7-13(14)15(18)19/h6-7,9,12,16H,3-5,8,10H2,1-2H3,(H,18,19). The number of carbonyl (C=O) groups is 1. The lowest BCUT2D eigenvalue weighted by Gasteiger charge is -2.23. The summed E-state index contributed by atoms with van der Waals surface area (Å²) < 4.78 is 0. The smallest absolute Gasteiger partial charge is 0.337 e.